The SMILES string of the molecule is COC(=O)C1=C[C@@H](c2ccccc2)[C@H](O[Si](C)(C)C(C)(C)C)C=CC1. The third kappa shape index (κ3) is 4.70. The molecule has 2 rings (SSSR count). The van der Waals surface area contributed by atoms with E-state index in [9.17, 15) is 4.79 Å². The summed E-state index contributed by atoms with van der Waals surface area (Å²) in [5, 5.41) is 0.128. The Bertz CT molecular complexity index is 653. The first-order valence-corrected chi connectivity index (χ1v) is 11.7. The van der Waals surface area contributed by atoms with Gasteiger partial charge in [0.25, 0.3) is 0 Å². The fourth-order valence-corrected chi connectivity index (χ4v) is 3.96. The minimum absolute atomic E-state index is 0.00294. The normalized spacial score (nSPS) is 21.4. The largest absolute Gasteiger partial charge is 0.466 e. The topological polar surface area (TPSA) is 35.5 Å². The molecule has 0 N–H and O–H groups in total. The number of hydrogen-bond donors (Lipinski definition) is 0. The lowest BCUT2D eigenvalue weighted by Gasteiger charge is -2.40. The van der Waals surface area contributed by atoms with E-state index in [1.54, 1.807) is 0 Å². The van der Waals surface area contributed by atoms with Crippen LogP contribution in [-0.4, -0.2) is 27.5 Å². The van der Waals surface area contributed by atoms with Gasteiger partial charge in [-0.2, -0.15) is 0 Å². The van der Waals surface area contributed by atoms with Crippen LogP contribution in [0.15, 0.2) is 54.1 Å². The molecule has 0 saturated carbocycles. The zero-order valence-electron chi connectivity index (χ0n) is 16.2. The summed E-state index contributed by atoms with van der Waals surface area (Å²) in [5.41, 5.74) is 1.84. The zero-order valence-corrected chi connectivity index (χ0v) is 17.2. The van der Waals surface area contributed by atoms with Crippen molar-refractivity contribution in [2.24, 2.45) is 0 Å². The molecule has 0 fully saturated rings. The number of hydrogen-bond acceptors (Lipinski definition) is 3. The van der Waals surface area contributed by atoms with Crippen molar-refractivity contribution < 1.29 is 14.0 Å². The monoisotopic (exact) mass is 358 g/mol. The number of esters is 1. The van der Waals surface area contributed by atoms with E-state index in [0.29, 0.717) is 12.0 Å². The Labute approximate surface area is 152 Å². The van der Waals surface area contributed by atoms with Gasteiger partial charge in [0, 0.05) is 11.5 Å². The average Bonchev–Trinajstić information content (AvgIpc) is 2.76. The van der Waals surface area contributed by atoms with Crippen molar-refractivity contribution in [2.45, 2.75) is 57.3 Å². The van der Waals surface area contributed by atoms with Gasteiger partial charge in [0.05, 0.1) is 13.2 Å². The van der Waals surface area contributed by atoms with E-state index in [1.807, 2.05) is 30.4 Å². The third-order valence-corrected chi connectivity index (χ3v) is 9.74. The number of benzene rings is 1. The highest BCUT2D eigenvalue weighted by atomic mass is 28.4. The molecular formula is C21H30O3Si. The maximum Gasteiger partial charge on any atom is 0.333 e. The molecular weight excluding hydrogens is 328 g/mol. The molecule has 1 aliphatic rings. The number of carbonyl (C=O) groups is 1. The molecule has 0 radical (unpaired) electrons. The summed E-state index contributed by atoms with van der Waals surface area (Å²) in [5.74, 6) is -0.262. The number of methoxy groups -OCH3 is 1. The maximum atomic E-state index is 12.1. The Morgan fingerprint density at radius 3 is 2.36 bits per heavy atom. The first kappa shape index (κ1) is 19.7. The summed E-state index contributed by atoms with van der Waals surface area (Å²) in [6, 6.07) is 10.2. The Kier molecular flexibility index (Phi) is 6.06. The van der Waals surface area contributed by atoms with Gasteiger partial charge in [-0.05, 0) is 30.1 Å². The van der Waals surface area contributed by atoms with Gasteiger partial charge in [0.15, 0.2) is 8.32 Å². The van der Waals surface area contributed by atoms with E-state index < -0.39 is 8.32 Å². The predicted molar refractivity (Wildman–Crippen MR) is 105 cm³/mol. The molecule has 4 heteroatoms. The number of rotatable bonds is 4. The molecule has 3 nitrogen and oxygen atoms in total. The lowest BCUT2D eigenvalue weighted by atomic mass is 9.92. The number of carbonyl (C=O) groups excluding carboxylic acids is 1. The second kappa shape index (κ2) is 7.71. The molecule has 1 aliphatic carbocycles. The Morgan fingerprint density at radius 2 is 1.80 bits per heavy atom. The van der Waals surface area contributed by atoms with Crippen LogP contribution in [-0.2, 0) is 14.0 Å². The van der Waals surface area contributed by atoms with E-state index in [0.717, 1.165) is 5.56 Å². The fourth-order valence-electron chi connectivity index (χ4n) is 2.70. The zero-order chi connectivity index (χ0) is 18.7. The highest BCUT2D eigenvalue weighted by Gasteiger charge is 2.40. The van der Waals surface area contributed by atoms with Crippen molar-refractivity contribution in [1.82, 2.24) is 0 Å². The second-order valence-electron chi connectivity index (χ2n) is 8.10. The van der Waals surface area contributed by atoms with Crippen LogP contribution >= 0.6 is 0 Å². The van der Waals surface area contributed by atoms with Crippen LogP contribution in [0.5, 0.6) is 0 Å². The van der Waals surface area contributed by atoms with Gasteiger partial charge >= 0.3 is 5.97 Å². The molecule has 1 aromatic carbocycles. The van der Waals surface area contributed by atoms with Gasteiger partial charge in [-0.15, -0.1) is 0 Å². The highest BCUT2D eigenvalue weighted by molar-refractivity contribution is 6.74. The summed E-state index contributed by atoms with van der Waals surface area (Å²) < 4.78 is 11.7. The van der Waals surface area contributed by atoms with Crippen LogP contribution in [0.1, 0.15) is 38.7 Å². The number of ether oxygens (including phenoxy) is 1. The minimum atomic E-state index is -1.94. The Hall–Kier alpha value is -1.65. The van der Waals surface area contributed by atoms with E-state index in [1.165, 1.54) is 7.11 Å². The lowest BCUT2D eigenvalue weighted by Crippen LogP contribution is -2.44. The lowest BCUT2D eigenvalue weighted by molar-refractivity contribution is -0.136. The molecule has 0 aliphatic heterocycles. The van der Waals surface area contributed by atoms with Gasteiger partial charge in [-0.1, -0.05) is 69.3 Å². The highest BCUT2D eigenvalue weighted by Crippen LogP contribution is 2.40. The molecule has 2 atom stereocenters. The van der Waals surface area contributed by atoms with Crippen molar-refractivity contribution in [1.29, 1.82) is 0 Å². The summed E-state index contributed by atoms with van der Waals surface area (Å²) in [7, 11) is -0.514. The molecule has 0 heterocycles. The molecule has 1 aromatic rings. The van der Waals surface area contributed by atoms with Crippen LogP contribution in [0.25, 0.3) is 0 Å². The van der Waals surface area contributed by atoms with Crippen molar-refractivity contribution in [3.63, 3.8) is 0 Å². The molecule has 25 heavy (non-hydrogen) atoms. The smallest absolute Gasteiger partial charge is 0.333 e. The third-order valence-electron chi connectivity index (χ3n) is 5.27. The second-order valence-corrected chi connectivity index (χ2v) is 12.9. The van der Waals surface area contributed by atoms with Gasteiger partial charge in [0.1, 0.15) is 0 Å². The number of allylic oxidation sites excluding steroid dienone is 1. The van der Waals surface area contributed by atoms with E-state index in [4.69, 9.17) is 9.16 Å². The summed E-state index contributed by atoms with van der Waals surface area (Å²) in [6.45, 7) is 11.3. The summed E-state index contributed by atoms with van der Waals surface area (Å²) in [6.07, 6.45) is 6.67. The van der Waals surface area contributed by atoms with Crippen molar-refractivity contribution in [3.05, 3.63) is 59.7 Å². The quantitative estimate of drug-likeness (QED) is 0.420. The van der Waals surface area contributed by atoms with E-state index in [2.05, 4.69) is 52.1 Å². The van der Waals surface area contributed by atoms with Crippen molar-refractivity contribution in [2.75, 3.05) is 7.11 Å². The van der Waals surface area contributed by atoms with E-state index in [-0.39, 0.29) is 23.0 Å². The van der Waals surface area contributed by atoms with Gasteiger partial charge < -0.3 is 9.16 Å². The van der Waals surface area contributed by atoms with Gasteiger partial charge in [0.2, 0.25) is 0 Å². The molecule has 0 aromatic heterocycles. The Morgan fingerprint density at radius 1 is 1.16 bits per heavy atom. The van der Waals surface area contributed by atoms with Crippen LogP contribution in [0, 0.1) is 0 Å². The van der Waals surface area contributed by atoms with Crippen LogP contribution in [0.4, 0.5) is 0 Å². The molecule has 0 amide bonds. The first-order chi connectivity index (χ1) is 11.7. The van der Waals surface area contributed by atoms with Crippen molar-refractivity contribution in [3.8, 4) is 0 Å². The molecule has 136 valence electrons. The van der Waals surface area contributed by atoms with E-state index >= 15 is 0 Å². The Balaban J connectivity index is 2.43. The van der Waals surface area contributed by atoms with Crippen LogP contribution < -0.4 is 0 Å². The standard InChI is InChI=1S/C21H30O3Si/c1-21(2,3)25(5,6)24-19-14-10-13-17(20(22)23-4)15-18(19)16-11-8-7-9-12-16/h7-12,14-15,18-19H,13H2,1-6H3/t18-,19+/m0/s1. The fraction of sp³-hybridized carbons (Fsp3) is 0.476. The molecule has 0 spiro atoms. The predicted octanol–water partition coefficient (Wildman–Crippen LogP) is 5.22. The first-order valence-electron chi connectivity index (χ1n) is 8.84. The van der Waals surface area contributed by atoms with Crippen LogP contribution in [0.2, 0.25) is 18.1 Å². The average molecular weight is 359 g/mol. The van der Waals surface area contributed by atoms with Gasteiger partial charge in [-0.3, -0.25) is 0 Å². The molecule has 0 unspecified atom stereocenters. The van der Waals surface area contributed by atoms with Gasteiger partial charge in [-0.25, -0.2) is 4.79 Å². The minimum Gasteiger partial charge on any atom is -0.466 e. The maximum absolute atomic E-state index is 12.1. The van der Waals surface area contributed by atoms with Crippen molar-refractivity contribution >= 4 is 14.3 Å². The molecule has 0 saturated heterocycles. The summed E-state index contributed by atoms with van der Waals surface area (Å²) in [4.78, 5) is 12.1. The molecule has 0 bridgehead atoms. The van der Waals surface area contributed by atoms with Crippen LogP contribution in [0.3, 0.4) is 0 Å². The summed E-state index contributed by atoms with van der Waals surface area (Å²) >= 11 is 0.